The third-order valence-electron chi connectivity index (χ3n) is 6.27. The van der Waals surface area contributed by atoms with Gasteiger partial charge in [-0.15, -0.1) is 12.4 Å². The second-order valence-corrected chi connectivity index (χ2v) is 8.62. The van der Waals surface area contributed by atoms with Gasteiger partial charge in [0.05, 0.1) is 11.2 Å². The third-order valence-corrected chi connectivity index (χ3v) is 6.27. The van der Waals surface area contributed by atoms with Gasteiger partial charge in [-0.2, -0.15) is 0 Å². The minimum atomic E-state index is -0.453. The Morgan fingerprint density at radius 3 is 2.58 bits per heavy atom. The maximum Gasteiger partial charge on any atom is 0.319 e. The van der Waals surface area contributed by atoms with Crippen molar-refractivity contribution < 1.29 is 9.18 Å². The molecule has 1 aliphatic carbocycles. The average molecular weight is 472 g/mol. The summed E-state index contributed by atoms with van der Waals surface area (Å²) >= 11 is 0. The van der Waals surface area contributed by atoms with Crippen LogP contribution in [-0.4, -0.2) is 29.6 Å². The molecule has 6 nitrogen and oxygen atoms in total. The van der Waals surface area contributed by atoms with Crippen molar-refractivity contribution in [1.82, 2.24) is 15.3 Å². The Balaban J connectivity index is 0.00000306. The standard InChI is InChI=1S/C25H30FN5O.ClH/c1-15-9-21(26)23(31-25(32)29-13-17-7-5-4-6-8-17)11-19(15)20-10-18-14-28-24(27-3)12-22(18)30-16(20)2;/h9-12,14,17H,4-8,13H2,1-3H3,(H,27,28)(H2,29,31,32);1H. The van der Waals surface area contributed by atoms with Crippen LogP contribution in [0.1, 0.15) is 43.4 Å². The summed E-state index contributed by atoms with van der Waals surface area (Å²) in [5, 5.41) is 9.51. The highest BCUT2D eigenvalue weighted by molar-refractivity contribution is 5.92. The maximum absolute atomic E-state index is 14.7. The predicted octanol–water partition coefficient (Wildman–Crippen LogP) is 6.22. The molecule has 0 radical (unpaired) electrons. The molecule has 1 fully saturated rings. The third kappa shape index (κ3) is 5.71. The number of nitrogens with one attached hydrogen (secondary N) is 3. The van der Waals surface area contributed by atoms with Crippen LogP contribution < -0.4 is 16.0 Å². The van der Waals surface area contributed by atoms with Gasteiger partial charge in [-0.25, -0.2) is 14.2 Å². The number of anilines is 2. The van der Waals surface area contributed by atoms with Crippen LogP contribution in [0.3, 0.4) is 0 Å². The van der Waals surface area contributed by atoms with Gasteiger partial charge in [0.1, 0.15) is 11.6 Å². The van der Waals surface area contributed by atoms with Crippen LogP contribution in [0.2, 0.25) is 0 Å². The van der Waals surface area contributed by atoms with Gasteiger partial charge in [0.25, 0.3) is 0 Å². The van der Waals surface area contributed by atoms with Crippen molar-refractivity contribution in [3.05, 3.63) is 47.5 Å². The fraction of sp³-hybridized carbons (Fsp3) is 0.400. The van der Waals surface area contributed by atoms with E-state index in [-0.39, 0.29) is 24.1 Å². The second-order valence-electron chi connectivity index (χ2n) is 8.62. The molecule has 2 heterocycles. The number of aryl methyl sites for hydroxylation is 2. The van der Waals surface area contributed by atoms with E-state index in [1.54, 1.807) is 12.3 Å². The Bertz CT molecular complexity index is 1150. The Morgan fingerprint density at radius 2 is 1.85 bits per heavy atom. The van der Waals surface area contributed by atoms with Gasteiger partial charge in [0, 0.05) is 42.5 Å². The molecule has 1 saturated carbocycles. The summed E-state index contributed by atoms with van der Waals surface area (Å²) in [5.74, 6) is 0.808. The van der Waals surface area contributed by atoms with Gasteiger partial charge in [-0.05, 0) is 61.9 Å². The first kappa shape index (κ1) is 24.7. The van der Waals surface area contributed by atoms with E-state index in [1.807, 2.05) is 33.0 Å². The summed E-state index contributed by atoms with van der Waals surface area (Å²) in [6, 6.07) is 6.68. The van der Waals surface area contributed by atoms with Crippen molar-refractivity contribution in [2.75, 3.05) is 24.2 Å². The van der Waals surface area contributed by atoms with E-state index < -0.39 is 5.82 Å². The Morgan fingerprint density at radius 1 is 1.09 bits per heavy atom. The number of pyridine rings is 2. The second kappa shape index (κ2) is 10.8. The number of urea groups is 1. The maximum atomic E-state index is 14.7. The van der Waals surface area contributed by atoms with Gasteiger partial charge in [0.15, 0.2) is 0 Å². The number of benzene rings is 1. The molecule has 0 aliphatic heterocycles. The predicted molar refractivity (Wildman–Crippen MR) is 135 cm³/mol. The summed E-state index contributed by atoms with van der Waals surface area (Å²) in [6.07, 6.45) is 7.76. The van der Waals surface area contributed by atoms with Crippen molar-refractivity contribution in [2.45, 2.75) is 46.0 Å². The molecule has 1 aromatic carbocycles. The number of aromatic nitrogens is 2. The number of carbonyl (C=O) groups excluding carboxylic acids is 1. The SMILES string of the molecule is CNc1cc2nc(C)c(-c3cc(NC(=O)NCC4CCCCC4)c(F)cc3C)cc2cn1.Cl. The first-order valence-corrected chi connectivity index (χ1v) is 11.2. The van der Waals surface area contributed by atoms with Crippen molar-refractivity contribution in [2.24, 2.45) is 5.92 Å². The van der Waals surface area contributed by atoms with E-state index in [0.717, 1.165) is 51.9 Å². The molecule has 0 atom stereocenters. The lowest BCUT2D eigenvalue weighted by Gasteiger charge is -2.22. The monoisotopic (exact) mass is 471 g/mol. The molecule has 33 heavy (non-hydrogen) atoms. The quantitative estimate of drug-likeness (QED) is 0.412. The molecule has 4 rings (SSSR count). The Kier molecular flexibility index (Phi) is 8.08. The van der Waals surface area contributed by atoms with Gasteiger partial charge < -0.3 is 16.0 Å². The number of amides is 2. The number of fused-ring (bicyclic) bond motifs is 1. The van der Waals surface area contributed by atoms with Crippen LogP contribution in [0.15, 0.2) is 30.5 Å². The Hall–Kier alpha value is -2.93. The average Bonchev–Trinajstić information content (AvgIpc) is 2.79. The minimum absolute atomic E-state index is 0. The first-order chi connectivity index (χ1) is 15.4. The fourth-order valence-corrected chi connectivity index (χ4v) is 4.43. The normalized spacial score (nSPS) is 13.9. The molecule has 1 aliphatic rings. The lowest BCUT2D eigenvalue weighted by Crippen LogP contribution is -2.34. The van der Waals surface area contributed by atoms with Crippen molar-refractivity contribution >= 4 is 40.8 Å². The van der Waals surface area contributed by atoms with E-state index in [1.165, 1.54) is 25.3 Å². The zero-order chi connectivity index (χ0) is 22.7. The zero-order valence-corrected chi connectivity index (χ0v) is 20.1. The molecule has 3 N–H and O–H groups in total. The molecule has 0 saturated heterocycles. The van der Waals surface area contributed by atoms with Gasteiger partial charge in [-0.1, -0.05) is 19.3 Å². The summed E-state index contributed by atoms with van der Waals surface area (Å²) in [7, 11) is 1.82. The van der Waals surface area contributed by atoms with Crippen molar-refractivity contribution in [3.63, 3.8) is 0 Å². The summed E-state index contributed by atoms with van der Waals surface area (Å²) in [4.78, 5) is 21.5. The summed E-state index contributed by atoms with van der Waals surface area (Å²) in [6.45, 7) is 4.42. The smallest absolute Gasteiger partial charge is 0.319 e. The molecule has 0 bridgehead atoms. The van der Waals surface area contributed by atoms with E-state index in [0.29, 0.717) is 12.5 Å². The van der Waals surface area contributed by atoms with Gasteiger partial charge in [0.2, 0.25) is 0 Å². The van der Waals surface area contributed by atoms with Crippen molar-refractivity contribution in [1.29, 1.82) is 0 Å². The number of halogens is 2. The van der Waals surface area contributed by atoms with Crippen LogP contribution in [0.5, 0.6) is 0 Å². The Labute approximate surface area is 200 Å². The van der Waals surface area contributed by atoms with Crippen molar-refractivity contribution in [3.8, 4) is 11.1 Å². The topological polar surface area (TPSA) is 78.9 Å². The van der Waals surface area contributed by atoms with Gasteiger partial charge >= 0.3 is 6.03 Å². The molecular weight excluding hydrogens is 441 g/mol. The number of rotatable bonds is 5. The molecule has 8 heteroatoms. The first-order valence-electron chi connectivity index (χ1n) is 11.2. The molecule has 3 aromatic rings. The highest BCUT2D eigenvalue weighted by Gasteiger charge is 2.17. The number of hydrogen-bond acceptors (Lipinski definition) is 4. The fourth-order valence-electron chi connectivity index (χ4n) is 4.43. The van der Waals surface area contributed by atoms with Crippen LogP contribution in [0.4, 0.5) is 20.7 Å². The number of nitrogens with zero attached hydrogens (tertiary/aromatic N) is 2. The van der Waals surface area contributed by atoms with Crippen LogP contribution in [0.25, 0.3) is 22.0 Å². The van der Waals surface area contributed by atoms with Crippen LogP contribution in [0, 0.1) is 25.6 Å². The largest absolute Gasteiger partial charge is 0.373 e. The lowest BCUT2D eigenvalue weighted by atomic mass is 9.89. The molecular formula is C25H31ClFN5O. The highest BCUT2D eigenvalue weighted by atomic mass is 35.5. The zero-order valence-electron chi connectivity index (χ0n) is 19.3. The molecule has 0 unspecified atom stereocenters. The molecule has 2 amide bonds. The minimum Gasteiger partial charge on any atom is -0.373 e. The van der Waals surface area contributed by atoms with E-state index >= 15 is 0 Å². The molecule has 2 aromatic heterocycles. The number of hydrogen-bond donors (Lipinski definition) is 3. The summed E-state index contributed by atoms with van der Waals surface area (Å²) < 4.78 is 14.7. The highest BCUT2D eigenvalue weighted by Crippen LogP contribution is 2.32. The molecule has 0 spiro atoms. The van der Waals surface area contributed by atoms with Gasteiger partial charge in [-0.3, -0.25) is 4.98 Å². The summed E-state index contributed by atoms with van der Waals surface area (Å²) in [5.41, 5.74) is 4.33. The van der Waals surface area contributed by atoms with E-state index in [9.17, 15) is 9.18 Å². The van der Waals surface area contributed by atoms with Crippen LogP contribution >= 0.6 is 12.4 Å². The lowest BCUT2D eigenvalue weighted by molar-refractivity contribution is 0.247. The van der Waals surface area contributed by atoms with Crippen LogP contribution in [-0.2, 0) is 0 Å². The van der Waals surface area contributed by atoms with E-state index in [2.05, 4.69) is 20.9 Å². The number of carbonyl (C=O) groups is 1. The molecule has 176 valence electrons. The van der Waals surface area contributed by atoms with E-state index in [4.69, 9.17) is 4.98 Å².